The average Bonchev–Trinajstić information content (AvgIpc) is 2.90. The molecule has 0 aromatic heterocycles. The monoisotopic (exact) mass is 487 g/mol. The van der Waals surface area contributed by atoms with Crippen molar-refractivity contribution in [3.63, 3.8) is 0 Å². The van der Waals surface area contributed by atoms with Crippen molar-refractivity contribution in [2.75, 3.05) is 23.7 Å². The quantitative estimate of drug-likeness (QED) is 0.250. The number of nitrogens with two attached hydrogens (primary N) is 2. The number of anilines is 2. The molecule has 188 valence electrons. The van der Waals surface area contributed by atoms with Gasteiger partial charge in [-0.2, -0.15) is 0 Å². The third kappa shape index (κ3) is 8.65. The molecule has 0 aliphatic rings. The van der Waals surface area contributed by atoms with Crippen molar-refractivity contribution < 1.29 is 14.4 Å². The second kappa shape index (κ2) is 13.8. The van der Waals surface area contributed by atoms with Crippen LogP contribution in [0.5, 0.6) is 0 Å². The number of carbonyl (C=O) groups is 3. The number of benzene rings is 3. The third-order valence-corrected chi connectivity index (χ3v) is 5.63. The van der Waals surface area contributed by atoms with Gasteiger partial charge in [0.15, 0.2) is 0 Å². The molecule has 0 heterocycles. The van der Waals surface area contributed by atoms with E-state index < -0.39 is 11.9 Å². The topological polar surface area (TPSA) is 139 Å². The molecule has 3 aromatic rings. The van der Waals surface area contributed by atoms with Gasteiger partial charge in [0, 0.05) is 23.5 Å². The molecule has 8 heteroatoms. The maximum absolute atomic E-state index is 12.8. The fourth-order valence-electron chi connectivity index (χ4n) is 3.69. The van der Waals surface area contributed by atoms with Crippen LogP contribution in [-0.2, 0) is 22.4 Å². The van der Waals surface area contributed by atoms with Gasteiger partial charge in [0.25, 0.3) is 5.91 Å². The lowest BCUT2D eigenvalue weighted by atomic mass is 10.1. The predicted octanol–water partition coefficient (Wildman–Crippen LogP) is 2.85. The molecule has 8 nitrogen and oxygen atoms in total. The summed E-state index contributed by atoms with van der Waals surface area (Å²) < 4.78 is 0. The van der Waals surface area contributed by atoms with Crippen LogP contribution in [0.3, 0.4) is 0 Å². The lowest BCUT2D eigenvalue weighted by molar-refractivity contribution is -0.117. The van der Waals surface area contributed by atoms with Gasteiger partial charge in [-0.15, -0.1) is 0 Å². The Morgan fingerprint density at radius 3 is 1.97 bits per heavy atom. The zero-order chi connectivity index (χ0) is 25.8. The summed E-state index contributed by atoms with van der Waals surface area (Å²) in [6.07, 6.45) is 2.75. The Kier molecular flexibility index (Phi) is 10.2. The van der Waals surface area contributed by atoms with Gasteiger partial charge in [0.1, 0.15) is 0 Å². The Morgan fingerprint density at radius 2 is 1.36 bits per heavy atom. The first-order valence-electron chi connectivity index (χ1n) is 12.0. The van der Waals surface area contributed by atoms with Gasteiger partial charge in [-0.05, 0) is 55.0 Å². The van der Waals surface area contributed by atoms with Crippen LogP contribution in [0.15, 0.2) is 78.9 Å². The first-order chi connectivity index (χ1) is 17.4. The summed E-state index contributed by atoms with van der Waals surface area (Å²) in [6.45, 7) is 0.279. The Morgan fingerprint density at radius 1 is 0.778 bits per heavy atom. The molecule has 0 bridgehead atoms. The third-order valence-electron chi connectivity index (χ3n) is 5.63. The molecule has 36 heavy (non-hydrogen) atoms. The molecule has 7 N–H and O–H groups in total. The smallest absolute Gasteiger partial charge is 0.251 e. The molecule has 0 saturated carbocycles. The Balaban J connectivity index is 1.62. The van der Waals surface area contributed by atoms with E-state index in [0.717, 1.165) is 18.4 Å². The molecule has 1 atom stereocenters. The molecule has 3 rings (SSSR count). The summed E-state index contributed by atoms with van der Waals surface area (Å²) in [5.41, 5.74) is 14.8. The zero-order valence-electron chi connectivity index (χ0n) is 20.2. The van der Waals surface area contributed by atoms with Crippen molar-refractivity contribution in [1.29, 1.82) is 0 Å². The highest BCUT2D eigenvalue weighted by Crippen LogP contribution is 2.20. The second-order valence-electron chi connectivity index (χ2n) is 8.52. The van der Waals surface area contributed by atoms with E-state index in [1.54, 1.807) is 18.2 Å². The Labute approximate surface area is 211 Å². The summed E-state index contributed by atoms with van der Waals surface area (Å²) >= 11 is 0. The number of rotatable bonds is 12. The van der Waals surface area contributed by atoms with E-state index >= 15 is 0 Å². The summed E-state index contributed by atoms with van der Waals surface area (Å²) in [5, 5.41) is 8.30. The summed E-state index contributed by atoms with van der Waals surface area (Å²) in [4.78, 5) is 37.3. The van der Waals surface area contributed by atoms with Crippen molar-refractivity contribution in [2.24, 2.45) is 11.5 Å². The Hall–Kier alpha value is -4.01. The molecule has 3 aromatic carbocycles. The Bertz CT molecular complexity index is 1150. The van der Waals surface area contributed by atoms with E-state index in [-0.39, 0.29) is 18.4 Å². The van der Waals surface area contributed by atoms with E-state index in [2.05, 4.69) is 16.0 Å². The average molecular weight is 488 g/mol. The first kappa shape index (κ1) is 26.6. The highest BCUT2D eigenvalue weighted by Gasteiger charge is 2.16. The minimum absolute atomic E-state index is 0.206. The minimum atomic E-state index is -0.734. The number of aryl methyl sites for hydroxylation is 2. The predicted molar refractivity (Wildman–Crippen MR) is 143 cm³/mol. The van der Waals surface area contributed by atoms with Crippen molar-refractivity contribution in [2.45, 2.75) is 31.7 Å². The molecule has 0 unspecified atom stereocenters. The van der Waals surface area contributed by atoms with Crippen molar-refractivity contribution >= 4 is 29.1 Å². The zero-order valence-corrected chi connectivity index (χ0v) is 20.2. The lowest BCUT2D eigenvalue weighted by Crippen LogP contribution is -2.36. The van der Waals surface area contributed by atoms with Gasteiger partial charge in [-0.1, -0.05) is 60.7 Å². The van der Waals surface area contributed by atoms with E-state index in [0.29, 0.717) is 36.3 Å². The van der Waals surface area contributed by atoms with Gasteiger partial charge in [-0.25, -0.2) is 0 Å². The van der Waals surface area contributed by atoms with Gasteiger partial charge >= 0.3 is 0 Å². The number of hydrogen-bond acceptors (Lipinski definition) is 5. The number of amides is 3. The summed E-state index contributed by atoms with van der Waals surface area (Å²) in [6, 6.07) is 23.8. The SMILES string of the molecule is NCC(=O)Nc1cc(NC(=O)[C@H](N)CCc2ccccc2)cc(C(=O)NCCCc2ccccc2)c1. The van der Waals surface area contributed by atoms with E-state index in [4.69, 9.17) is 11.5 Å². The molecule has 3 amide bonds. The number of hydrogen-bond donors (Lipinski definition) is 5. The van der Waals surface area contributed by atoms with Gasteiger partial charge in [-0.3, -0.25) is 14.4 Å². The van der Waals surface area contributed by atoms with Gasteiger partial charge < -0.3 is 27.4 Å². The van der Waals surface area contributed by atoms with Crippen LogP contribution >= 0.6 is 0 Å². The summed E-state index contributed by atoms with van der Waals surface area (Å²) in [5.74, 6) is -1.09. The van der Waals surface area contributed by atoms with Crippen LogP contribution in [0.25, 0.3) is 0 Å². The van der Waals surface area contributed by atoms with Crippen molar-refractivity contribution in [3.8, 4) is 0 Å². The minimum Gasteiger partial charge on any atom is -0.352 e. The molecule has 0 aliphatic heterocycles. The van der Waals surface area contributed by atoms with Gasteiger partial charge in [0.2, 0.25) is 11.8 Å². The van der Waals surface area contributed by atoms with Crippen molar-refractivity contribution in [3.05, 3.63) is 95.6 Å². The van der Waals surface area contributed by atoms with E-state index in [1.165, 1.54) is 5.56 Å². The molecule has 0 spiro atoms. The maximum atomic E-state index is 12.8. The first-order valence-corrected chi connectivity index (χ1v) is 12.0. The lowest BCUT2D eigenvalue weighted by Gasteiger charge is -2.15. The van der Waals surface area contributed by atoms with E-state index in [1.807, 2.05) is 60.7 Å². The second-order valence-corrected chi connectivity index (χ2v) is 8.52. The van der Waals surface area contributed by atoms with Crippen LogP contribution in [-0.4, -0.2) is 36.9 Å². The molecule has 0 saturated heterocycles. The van der Waals surface area contributed by atoms with Crippen LogP contribution in [0.2, 0.25) is 0 Å². The maximum Gasteiger partial charge on any atom is 0.251 e. The van der Waals surface area contributed by atoms with Crippen LogP contribution in [0, 0.1) is 0 Å². The fourth-order valence-corrected chi connectivity index (χ4v) is 3.69. The fraction of sp³-hybridized carbons (Fsp3) is 0.250. The van der Waals surface area contributed by atoms with Crippen LogP contribution in [0.1, 0.15) is 34.3 Å². The normalized spacial score (nSPS) is 11.4. The highest BCUT2D eigenvalue weighted by atomic mass is 16.2. The highest BCUT2D eigenvalue weighted by molar-refractivity contribution is 6.01. The molecule has 0 radical (unpaired) electrons. The van der Waals surface area contributed by atoms with Crippen LogP contribution < -0.4 is 27.4 Å². The largest absolute Gasteiger partial charge is 0.352 e. The van der Waals surface area contributed by atoms with E-state index in [9.17, 15) is 14.4 Å². The number of nitrogens with one attached hydrogen (secondary N) is 3. The molecular formula is C28H33N5O3. The molecule has 0 aliphatic carbocycles. The number of carbonyl (C=O) groups excluding carboxylic acids is 3. The van der Waals surface area contributed by atoms with Crippen molar-refractivity contribution in [1.82, 2.24) is 5.32 Å². The molecule has 0 fully saturated rings. The standard InChI is InChI=1S/C28H33N5O3/c29-19-26(34)32-23-16-22(27(35)31-15-7-12-20-8-3-1-4-9-20)17-24(18-23)33-28(36)25(30)14-13-21-10-5-2-6-11-21/h1-6,8-11,16-18,25H,7,12-15,19,29-30H2,(H,31,35)(H,32,34)(H,33,36)/t25-/m1/s1. The van der Waals surface area contributed by atoms with Gasteiger partial charge in [0.05, 0.1) is 12.6 Å². The van der Waals surface area contributed by atoms with Crippen LogP contribution in [0.4, 0.5) is 11.4 Å². The summed E-state index contributed by atoms with van der Waals surface area (Å²) in [7, 11) is 0. The molecular weight excluding hydrogens is 454 g/mol.